The van der Waals surface area contributed by atoms with Crippen molar-refractivity contribution in [2.45, 2.75) is 31.8 Å². The summed E-state index contributed by atoms with van der Waals surface area (Å²) in [7, 11) is 0. The Kier molecular flexibility index (Phi) is 9.16. The van der Waals surface area contributed by atoms with Crippen molar-refractivity contribution in [3.05, 3.63) is 101 Å². The highest BCUT2D eigenvalue weighted by atomic mass is 32.2. The first kappa shape index (κ1) is 26.9. The maximum Gasteiger partial charge on any atom is 0.271 e. The maximum atomic E-state index is 12.6. The lowest BCUT2D eigenvalue weighted by molar-refractivity contribution is -0.128. The fraction of sp³-hybridized carbons (Fsp3) is 0.241. The average molecular weight is 531 g/mol. The van der Waals surface area contributed by atoms with Gasteiger partial charge in [0, 0.05) is 18.2 Å². The smallest absolute Gasteiger partial charge is 0.271 e. The summed E-state index contributed by atoms with van der Waals surface area (Å²) in [4.78, 5) is 38.6. The molecule has 0 unspecified atom stereocenters. The van der Waals surface area contributed by atoms with Gasteiger partial charge in [0.05, 0.1) is 12.0 Å². The van der Waals surface area contributed by atoms with E-state index in [1.165, 1.54) is 6.21 Å². The van der Waals surface area contributed by atoms with Gasteiger partial charge in [-0.2, -0.15) is 5.10 Å². The summed E-state index contributed by atoms with van der Waals surface area (Å²) in [6.45, 7) is 4.27. The first-order chi connectivity index (χ1) is 18.4. The predicted octanol–water partition coefficient (Wildman–Crippen LogP) is 4.13. The molecule has 3 aromatic rings. The van der Waals surface area contributed by atoms with Gasteiger partial charge in [0.2, 0.25) is 5.91 Å². The van der Waals surface area contributed by atoms with E-state index in [0.717, 1.165) is 16.7 Å². The van der Waals surface area contributed by atoms with Crippen LogP contribution < -0.4 is 15.5 Å². The highest BCUT2D eigenvalue weighted by molar-refractivity contribution is 8.00. The molecule has 0 aliphatic carbocycles. The molecule has 4 rings (SSSR count). The zero-order valence-electron chi connectivity index (χ0n) is 21.3. The topological polar surface area (TPSA) is 100 Å². The molecule has 38 heavy (non-hydrogen) atoms. The Bertz CT molecular complexity index is 1280. The molecule has 1 aliphatic rings. The molecule has 1 fully saturated rings. The quantitative estimate of drug-likeness (QED) is 0.303. The summed E-state index contributed by atoms with van der Waals surface area (Å²) >= 11 is 1.59. The normalized spacial score (nSPS) is 15.2. The van der Waals surface area contributed by atoms with Crippen molar-refractivity contribution in [1.29, 1.82) is 0 Å². The number of hydrazone groups is 1. The second-order valence-electron chi connectivity index (χ2n) is 9.07. The Morgan fingerprint density at radius 1 is 1.05 bits per heavy atom. The zero-order chi connectivity index (χ0) is 26.9. The molecule has 0 aromatic heterocycles. The number of rotatable bonds is 10. The SMILES string of the molecule is CC(C)NC(=O)COc1ccc(/C=N\NC(=O)c2ccc([C@H]3SCC(=O)N3Cc3ccccc3)cc2)cc1. The number of thioether (sulfide) groups is 1. The third kappa shape index (κ3) is 7.45. The summed E-state index contributed by atoms with van der Waals surface area (Å²) in [6.07, 6.45) is 1.53. The van der Waals surface area contributed by atoms with E-state index >= 15 is 0 Å². The number of ether oxygens (including phenoxy) is 1. The molecule has 9 heteroatoms. The van der Waals surface area contributed by atoms with Gasteiger partial charge in [-0.05, 0) is 66.9 Å². The first-order valence-electron chi connectivity index (χ1n) is 12.3. The van der Waals surface area contributed by atoms with Crippen LogP contribution >= 0.6 is 11.8 Å². The van der Waals surface area contributed by atoms with Crippen LogP contribution in [0.15, 0.2) is 84.0 Å². The number of amides is 3. The summed E-state index contributed by atoms with van der Waals surface area (Å²) in [5.41, 5.74) is 5.82. The highest BCUT2D eigenvalue weighted by Gasteiger charge is 2.32. The molecular weight excluding hydrogens is 500 g/mol. The minimum atomic E-state index is -0.333. The molecule has 196 valence electrons. The molecule has 0 radical (unpaired) electrons. The van der Waals surface area contributed by atoms with Crippen molar-refractivity contribution in [2.75, 3.05) is 12.4 Å². The van der Waals surface area contributed by atoms with E-state index in [-0.39, 0.29) is 35.7 Å². The van der Waals surface area contributed by atoms with Crippen molar-refractivity contribution in [2.24, 2.45) is 5.10 Å². The number of carbonyl (C=O) groups is 3. The van der Waals surface area contributed by atoms with Gasteiger partial charge in [-0.15, -0.1) is 11.8 Å². The molecule has 3 aromatic carbocycles. The molecule has 2 N–H and O–H groups in total. The second kappa shape index (κ2) is 12.9. The Labute approximate surface area is 226 Å². The number of nitrogens with zero attached hydrogens (tertiary/aromatic N) is 2. The third-order valence-electron chi connectivity index (χ3n) is 5.70. The fourth-order valence-corrected chi connectivity index (χ4v) is 5.06. The average Bonchev–Trinajstić information content (AvgIpc) is 3.28. The zero-order valence-corrected chi connectivity index (χ0v) is 22.1. The Balaban J connectivity index is 1.29. The van der Waals surface area contributed by atoms with Crippen LogP contribution in [0.3, 0.4) is 0 Å². The summed E-state index contributed by atoms with van der Waals surface area (Å²) in [5, 5.41) is 6.71. The molecule has 3 amide bonds. The number of carbonyl (C=O) groups excluding carboxylic acids is 3. The predicted molar refractivity (Wildman–Crippen MR) is 149 cm³/mol. The van der Waals surface area contributed by atoms with Gasteiger partial charge in [0.15, 0.2) is 6.61 Å². The van der Waals surface area contributed by atoms with Crippen molar-refractivity contribution in [1.82, 2.24) is 15.6 Å². The monoisotopic (exact) mass is 530 g/mol. The molecule has 0 saturated carbocycles. The maximum absolute atomic E-state index is 12.6. The lowest BCUT2D eigenvalue weighted by Gasteiger charge is -2.24. The molecule has 1 heterocycles. The largest absolute Gasteiger partial charge is 0.484 e. The van der Waals surface area contributed by atoms with Gasteiger partial charge in [-0.1, -0.05) is 42.5 Å². The van der Waals surface area contributed by atoms with Crippen LogP contribution in [-0.2, 0) is 16.1 Å². The van der Waals surface area contributed by atoms with Gasteiger partial charge >= 0.3 is 0 Å². The standard InChI is InChI=1S/C29H30N4O4S/c1-20(2)31-26(34)18-37-25-14-8-21(9-15-25)16-30-32-28(36)23-10-12-24(13-11-23)29-33(27(35)19-38-29)17-22-6-4-3-5-7-22/h3-16,20,29H,17-19H2,1-2H3,(H,31,34)(H,32,36)/b30-16-/t29-/m1/s1. The Hall–Kier alpha value is -4.11. The van der Waals surface area contributed by atoms with Gasteiger partial charge < -0.3 is 15.0 Å². The van der Waals surface area contributed by atoms with Crippen LogP contribution in [0, 0.1) is 0 Å². The summed E-state index contributed by atoms with van der Waals surface area (Å²) in [6, 6.07) is 24.2. The number of hydrogen-bond donors (Lipinski definition) is 2. The minimum Gasteiger partial charge on any atom is -0.484 e. The molecule has 8 nitrogen and oxygen atoms in total. The third-order valence-corrected chi connectivity index (χ3v) is 6.96. The molecule has 0 spiro atoms. The van der Waals surface area contributed by atoms with Crippen LogP contribution in [0.5, 0.6) is 5.75 Å². The number of benzene rings is 3. The Morgan fingerprint density at radius 2 is 1.76 bits per heavy atom. The molecular formula is C29H30N4O4S. The van der Waals surface area contributed by atoms with Crippen LogP contribution in [0.25, 0.3) is 0 Å². The summed E-state index contributed by atoms with van der Waals surface area (Å²) in [5.74, 6) is 0.599. The van der Waals surface area contributed by atoms with E-state index in [9.17, 15) is 14.4 Å². The number of hydrogen-bond acceptors (Lipinski definition) is 6. The molecule has 1 atom stereocenters. The van der Waals surface area contributed by atoms with E-state index in [0.29, 0.717) is 23.6 Å². The van der Waals surface area contributed by atoms with E-state index in [1.807, 2.05) is 61.2 Å². The van der Waals surface area contributed by atoms with Gasteiger partial charge in [0.25, 0.3) is 11.8 Å². The van der Waals surface area contributed by atoms with Crippen molar-refractivity contribution in [3.8, 4) is 5.75 Å². The van der Waals surface area contributed by atoms with Crippen LogP contribution in [0.2, 0.25) is 0 Å². The van der Waals surface area contributed by atoms with E-state index in [4.69, 9.17) is 4.74 Å². The summed E-state index contributed by atoms with van der Waals surface area (Å²) < 4.78 is 5.46. The molecule has 1 saturated heterocycles. The minimum absolute atomic E-state index is 0.0543. The molecule has 0 bridgehead atoms. The van der Waals surface area contributed by atoms with Crippen LogP contribution in [0.1, 0.15) is 46.3 Å². The van der Waals surface area contributed by atoms with Crippen LogP contribution in [0.4, 0.5) is 0 Å². The Morgan fingerprint density at radius 3 is 2.45 bits per heavy atom. The fourth-order valence-electron chi connectivity index (χ4n) is 3.87. The first-order valence-corrected chi connectivity index (χ1v) is 13.3. The lowest BCUT2D eigenvalue weighted by Crippen LogP contribution is -2.34. The number of nitrogens with one attached hydrogen (secondary N) is 2. The second-order valence-corrected chi connectivity index (χ2v) is 10.1. The van der Waals surface area contributed by atoms with E-state index in [1.54, 1.807) is 48.2 Å². The van der Waals surface area contributed by atoms with Crippen molar-refractivity contribution in [3.63, 3.8) is 0 Å². The van der Waals surface area contributed by atoms with E-state index in [2.05, 4.69) is 15.8 Å². The lowest BCUT2D eigenvalue weighted by atomic mass is 10.1. The van der Waals surface area contributed by atoms with Gasteiger partial charge in [-0.3, -0.25) is 14.4 Å². The van der Waals surface area contributed by atoms with Crippen molar-refractivity contribution >= 4 is 35.7 Å². The van der Waals surface area contributed by atoms with Gasteiger partial charge in [-0.25, -0.2) is 5.43 Å². The van der Waals surface area contributed by atoms with Gasteiger partial charge in [0.1, 0.15) is 11.1 Å². The van der Waals surface area contributed by atoms with Crippen molar-refractivity contribution < 1.29 is 19.1 Å². The van der Waals surface area contributed by atoms with E-state index < -0.39 is 0 Å². The van der Waals surface area contributed by atoms with Crippen LogP contribution in [-0.4, -0.2) is 47.2 Å². The molecule has 1 aliphatic heterocycles. The highest BCUT2D eigenvalue weighted by Crippen LogP contribution is 2.39.